The first-order chi connectivity index (χ1) is 9.40. The normalized spacial score (nSPS) is 12.9. The SMILES string of the molecule is Cl.N[C@H](c1cccc(OC(F)(F)C(F)F)c1)c1cccs1. The van der Waals surface area contributed by atoms with Crippen LogP contribution in [0.15, 0.2) is 41.8 Å². The molecule has 116 valence electrons. The number of halogens is 5. The molecule has 0 aliphatic rings. The number of thiophene rings is 1. The second kappa shape index (κ2) is 7.11. The van der Waals surface area contributed by atoms with Gasteiger partial charge in [-0.15, -0.1) is 23.7 Å². The van der Waals surface area contributed by atoms with E-state index in [2.05, 4.69) is 4.74 Å². The van der Waals surface area contributed by atoms with Gasteiger partial charge in [0.1, 0.15) is 5.75 Å². The highest BCUT2D eigenvalue weighted by atomic mass is 35.5. The van der Waals surface area contributed by atoms with Gasteiger partial charge in [0.15, 0.2) is 0 Å². The van der Waals surface area contributed by atoms with Gasteiger partial charge in [0.25, 0.3) is 0 Å². The first kappa shape index (κ1) is 17.7. The van der Waals surface area contributed by atoms with Gasteiger partial charge in [-0.3, -0.25) is 0 Å². The highest BCUT2D eigenvalue weighted by Gasteiger charge is 2.44. The highest BCUT2D eigenvalue weighted by molar-refractivity contribution is 7.10. The molecule has 0 saturated heterocycles. The maximum atomic E-state index is 12.8. The summed E-state index contributed by atoms with van der Waals surface area (Å²) in [6.07, 6.45) is -8.41. The highest BCUT2D eigenvalue weighted by Crippen LogP contribution is 2.30. The number of nitrogens with two attached hydrogens (primary N) is 1. The van der Waals surface area contributed by atoms with Gasteiger partial charge in [0, 0.05) is 4.88 Å². The zero-order valence-corrected chi connectivity index (χ0v) is 12.1. The maximum absolute atomic E-state index is 12.8. The third-order valence-electron chi connectivity index (χ3n) is 2.57. The van der Waals surface area contributed by atoms with Crippen molar-refractivity contribution in [2.24, 2.45) is 5.73 Å². The van der Waals surface area contributed by atoms with Crippen LogP contribution in [0, 0.1) is 0 Å². The van der Waals surface area contributed by atoms with E-state index in [-0.39, 0.29) is 18.2 Å². The monoisotopic (exact) mass is 341 g/mol. The second-order valence-corrected chi connectivity index (χ2v) is 5.01. The van der Waals surface area contributed by atoms with Crippen molar-refractivity contribution in [2.45, 2.75) is 18.6 Å². The van der Waals surface area contributed by atoms with E-state index in [0.29, 0.717) is 5.56 Å². The number of hydrogen-bond acceptors (Lipinski definition) is 3. The van der Waals surface area contributed by atoms with Gasteiger partial charge in [0.2, 0.25) is 0 Å². The zero-order valence-electron chi connectivity index (χ0n) is 10.5. The zero-order chi connectivity index (χ0) is 14.8. The molecule has 1 heterocycles. The molecule has 21 heavy (non-hydrogen) atoms. The molecule has 0 unspecified atom stereocenters. The van der Waals surface area contributed by atoms with E-state index in [4.69, 9.17) is 5.73 Å². The van der Waals surface area contributed by atoms with Crippen LogP contribution in [0.4, 0.5) is 17.6 Å². The minimum Gasteiger partial charge on any atom is -0.428 e. The maximum Gasteiger partial charge on any atom is 0.461 e. The minimum atomic E-state index is -4.52. The molecule has 0 aliphatic heterocycles. The van der Waals surface area contributed by atoms with Gasteiger partial charge < -0.3 is 10.5 Å². The molecular formula is C13H12ClF4NOS. The lowest BCUT2D eigenvalue weighted by Crippen LogP contribution is -2.33. The van der Waals surface area contributed by atoms with Crippen LogP contribution in [0.1, 0.15) is 16.5 Å². The Kier molecular flexibility index (Phi) is 6.00. The third-order valence-corrected chi connectivity index (χ3v) is 3.53. The van der Waals surface area contributed by atoms with Crippen molar-refractivity contribution >= 4 is 23.7 Å². The van der Waals surface area contributed by atoms with Gasteiger partial charge in [-0.2, -0.15) is 17.6 Å². The summed E-state index contributed by atoms with van der Waals surface area (Å²) < 4.78 is 53.9. The smallest absolute Gasteiger partial charge is 0.428 e. The number of rotatable bonds is 5. The summed E-state index contributed by atoms with van der Waals surface area (Å²) in [6, 6.07) is 8.57. The Morgan fingerprint density at radius 2 is 1.86 bits per heavy atom. The minimum absolute atomic E-state index is 0. The van der Waals surface area contributed by atoms with E-state index >= 15 is 0 Å². The van der Waals surface area contributed by atoms with Crippen molar-refractivity contribution in [1.29, 1.82) is 0 Å². The molecule has 0 amide bonds. The van der Waals surface area contributed by atoms with Gasteiger partial charge in [0.05, 0.1) is 6.04 Å². The molecule has 1 atom stereocenters. The van der Waals surface area contributed by atoms with E-state index < -0.39 is 18.6 Å². The van der Waals surface area contributed by atoms with Gasteiger partial charge in [-0.25, -0.2) is 0 Å². The quantitative estimate of drug-likeness (QED) is 0.815. The summed E-state index contributed by atoms with van der Waals surface area (Å²) >= 11 is 1.42. The third kappa shape index (κ3) is 4.33. The van der Waals surface area contributed by atoms with E-state index in [1.54, 1.807) is 12.1 Å². The Labute approximate surface area is 128 Å². The fourth-order valence-electron chi connectivity index (χ4n) is 1.61. The molecule has 1 aromatic heterocycles. The molecule has 2 aromatic rings. The molecular weight excluding hydrogens is 330 g/mol. The molecule has 0 bridgehead atoms. The average Bonchev–Trinajstić information content (AvgIpc) is 2.91. The van der Waals surface area contributed by atoms with Crippen LogP contribution in [0.3, 0.4) is 0 Å². The average molecular weight is 342 g/mol. The lowest BCUT2D eigenvalue weighted by atomic mass is 10.1. The Balaban J connectivity index is 0.00000220. The summed E-state index contributed by atoms with van der Waals surface area (Å²) in [5, 5.41) is 1.83. The Hall–Kier alpha value is -1.31. The summed E-state index contributed by atoms with van der Waals surface area (Å²) in [6.45, 7) is 0. The van der Waals surface area contributed by atoms with Crippen molar-refractivity contribution in [3.63, 3.8) is 0 Å². The molecule has 2 N–H and O–H groups in total. The Bertz CT molecular complexity index is 565. The Morgan fingerprint density at radius 3 is 2.43 bits per heavy atom. The van der Waals surface area contributed by atoms with Crippen LogP contribution in [-0.4, -0.2) is 12.5 Å². The van der Waals surface area contributed by atoms with Crippen LogP contribution in [-0.2, 0) is 0 Å². The predicted molar refractivity (Wildman–Crippen MR) is 75.6 cm³/mol. The lowest BCUT2D eigenvalue weighted by Gasteiger charge is -2.18. The fraction of sp³-hybridized carbons (Fsp3) is 0.231. The fourth-order valence-corrected chi connectivity index (χ4v) is 2.36. The molecule has 0 radical (unpaired) electrons. The number of benzene rings is 1. The first-order valence-electron chi connectivity index (χ1n) is 5.64. The molecule has 0 aliphatic carbocycles. The predicted octanol–water partition coefficient (Wildman–Crippen LogP) is 4.45. The van der Waals surface area contributed by atoms with E-state index in [1.165, 1.54) is 29.5 Å². The van der Waals surface area contributed by atoms with E-state index in [1.807, 2.05) is 11.4 Å². The molecule has 1 aromatic carbocycles. The summed E-state index contributed by atoms with van der Waals surface area (Å²) in [7, 11) is 0. The van der Waals surface area contributed by atoms with Crippen LogP contribution >= 0.6 is 23.7 Å². The van der Waals surface area contributed by atoms with Gasteiger partial charge >= 0.3 is 12.5 Å². The van der Waals surface area contributed by atoms with Crippen LogP contribution in [0.5, 0.6) is 5.75 Å². The molecule has 0 fully saturated rings. The van der Waals surface area contributed by atoms with Gasteiger partial charge in [-0.1, -0.05) is 18.2 Å². The number of ether oxygens (including phenoxy) is 1. The van der Waals surface area contributed by atoms with Crippen molar-refractivity contribution in [3.8, 4) is 5.75 Å². The van der Waals surface area contributed by atoms with Crippen molar-refractivity contribution in [3.05, 3.63) is 52.2 Å². The number of alkyl halides is 4. The van der Waals surface area contributed by atoms with E-state index in [9.17, 15) is 17.6 Å². The van der Waals surface area contributed by atoms with Crippen LogP contribution < -0.4 is 10.5 Å². The molecule has 8 heteroatoms. The summed E-state index contributed by atoms with van der Waals surface area (Å²) in [5.41, 5.74) is 6.48. The van der Waals surface area contributed by atoms with Gasteiger partial charge in [-0.05, 0) is 29.1 Å². The number of hydrogen-bond donors (Lipinski definition) is 1. The summed E-state index contributed by atoms with van der Waals surface area (Å²) in [4.78, 5) is 0.836. The largest absolute Gasteiger partial charge is 0.461 e. The Morgan fingerprint density at radius 1 is 1.14 bits per heavy atom. The molecule has 0 spiro atoms. The van der Waals surface area contributed by atoms with E-state index in [0.717, 1.165) is 4.88 Å². The molecule has 0 saturated carbocycles. The second-order valence-electron chi connectivity index (χ2n) is 4.03. The van der Waals surface area contributed by atoms with Crippen LogP contribution in [0.2, 0.25) is 0 Å². The van der Waals surface area contributed by atoms with Crippen molar-refractivity contribution < 1.29 is 22.3 Å². The summed E-state index contributed by atoms with van der Waals surface area (Å²) in [5.74, 6) is -0.347. The standard InChI is InChI=1S/C13H11F4NOS.ClH/c14-12(15)13(16,17)19-9-4-1-3-8(7-9)11(18)10-5-2-6-20-10;/h1-7,11-12H,18H2;1H/t11-;/m1./s1. The van der Waals surface area contributed by atoms with Crippen LogP contribution in [0.25, 0.3) is 0 Å². The first-order valence-corrected chi connectivity index (χ1v) is 6.52. The molecule has 2 nitrogen and oxygen atoms in total. The molecule has 2 rings (SSSR count). The topological polar surface area (TPSA) is 35.2 Å². The lowest BCUT2D eigenvalue weighted by molar-refractivity contribution is -0.253. The van der Waals surface area contributed by atoms with Crippen molar-refractivity contribution in [1.82, 2.24) is 0 Å². The van der Waals surface area contributed by atoms with Crippen molar-refractivity contribution in [2.75, 3.05) is 0 Å².